The molecule has 0 aliphatic carbocycles. The van der Waals surface area contributed by atoms with Crippen molar-refractivity contribution < 1.29 is 29.6 Å². The third-order valence-corrected chi connectivity index (χ3v) is 3.88. The van der Waals surface area contributed by atoms with Crippen LogP contribution in [-0.4, -0.2) is 51.2 Å². The number of hydrogen-bond donors (Lipinski definition) is 3. The van der Waals surface area contributed by atoms with Gasteiger partial charge >= 0.3 is 0 Å². The van der Waals surface area contributed by atoms with Crippen molar-refractivity contribution in [1.29, 1.82) is 0 Å². The van der Waals surface area contributed by atoms with Gasteiger partial charge in [-0.05, 0) is 24.3 Å². The lowest BCUT2D eigenvalue weighted by Crippen LogP contribution is -3.24. The van der Waals surface area contributed by atoms with Gasteiger partial charge in [-0.25, -0.2) is 0 Å². The van der Waals surface area contributed by atoms with E-state index in [1.807, 2.05) is 0 Å². The molecule has 0 unspecified atom stereocenters. The lowest BCUT2D eigenvalue weighted by Gasteiger charge is -2.30. The normalized spacial score (nSPS) is 16.8. The van der Waals surface area contributed by atoms with Crippen LogP contribution in [0, 0.1) is 0 Å². The number of anilines is 1. The van der Waals surface area contributed by atoms with Crippen molar-refractivity contribution >= 4 is 17.6 Å². The Morgan fingerprint density at radius 3 is 2.50 bits per heavy atom. The van der Waals surface area contributed by atoms with Gasteiger partial charge in [-0.1, -0.05) is 0 Å². The number of carboxylic acid groups (broad SMARTS) is 1. The first kappa shape index (κ1) is 16.3. The largest absolute Gasteiger partial charge is 0.544 e. The van der Waals surface area contributed by atoms with Crippen LogP contribution in [0.2, 0.25) is 0 Å². The predicted molar refractivity (Wildman–Crippen MR) is 77.4 cm³/mol. The summed E-state index contributed by atoms with van der Waals surface area (Å²) in [6, 6.07) is 6.10. The van der Waals surface area contributed by atoms with Gasteiger partial charge in [0.15, 0.2) is 0 Å². The molecule has 7 heteroatoms. The molecule has 1 aromatic carbocycles. The van der Waals surface area contributed by atoms with E-state index in [4.69, 9.17) is 4.74 Å². The quantitative estimate of drug-likeness (QED) is 0.510. The molecule has 0 saturated carbocycles. The second kappa shape index (κ2) is 7.77. The van der Waals surface area contributed by atoms with Crippen molar-refractivity contribution in [1.82, 2.24) is 0 Å². The van der Waals surface area contributed by atoms with Crippen LogP contribution in [0.15, 0.2) is 24.3 Å². The molecule has 0 radical (unpaired) electrons. The summed E-state index contributed by atoms with van der Waals surface area (Å²) < 4.78 is 5.04. The SMILES string of the molecule is COc1ccc(NC(=O)C[C@@H](C(=O)[O-])[NH+]2CC[NH2+]CC2)cc1. The highest BCUT2D eigenvalue weighted by atomic mass is 16.5. The summed E-state index contributed by atoms with van der Waals surface area (Å²) in [6.45, 7) is 3.21. The molecule has 1 heterocycles. The lowest BCUT2D eigenvalue weighted by molar-refractivity contribution is -0.961. The molecule has 1 fully saturated rings. The zero-order valence-corrected chi connectivity index (χ0v) is 12.6. The molecule has 1 saturated heterocycles. The molecular weight excluding hydrogens is 286 g/mol. The van der Waals surface area contributed by atoms with E-state index in [1.54, 1.807) is 31.4 Å². The minimum Gasteiger partial charge on any atom is -0.544 e. The van der Waals surface area contributed by atoms with E-state index in [1.165, 1.54) is 0 Å². The molecule has 0 bridgehead atoms. The fourth-order valence-electron chi connectivity index (χ4n) is 2.66. The van der Waals surface area contributed by atoms with Crippen molar-refractivity contribution in [3.8, 4) is 5.75 Å². The third-order valence-electron chi connectivity index (χ3n) is 3.88. The number of nitrogens with two attached hydrogens (primary N) is 1. The van der Waals surface area contributed by atoms with Gasteiger partial charge in [-0.15, -0.1) is 0 Å². The number of quaternary nitrogens is 2. The van der Waals surface area contributed by atoms with Gasteiger partial charge in [0, 0.05) is 5.69 Å². The Bertz CT molecular complexity index is 512. The standard InChI is InChI=1S/C15H21N3O4/c1-22-12-4-2-11(3-5-12)17-14(19)10-13(15(20)21)18-8-6-16-7-9-18/h2-5,13,16H,6-10H2,1H3,(H,17,19)(H,20,21)/p+1/t13-/m0/s1. The predicted octanol–water partition coefficient (Wildman–Crippen LogP) is -3.40. The van der Waals surface area contributed by atoms with Crippen molar-refractivity contribution in [3.05, 3.63) is 24.3 Å². The highest BCUT2D eigenvalue weighted by Gasteiger charge is 2.29. The molecule has 120 valence electrons. The first-order valence-electron chi connectivity index (χ1n) is 7.41. The lowest BCUT2D eigenvalue weighted by atomic mass is 10.1. The summed E-state index contributed by atoms with van der Waals surface area (Å²) in [5.74, 6) is -0.789. The van der Waals surface area contributed by atoms with Crippen molar-refractivity contribution in [2.24, 2.45) is 0 Å². The van der Waals surface area contributed by atoms with Gasteiger partial charge in [0.25, 0.3) is 0 Å². The van der Waals surface area contributed by atoms with Crippen LogP contribution in [0.25, 0.3) is 0 Å². The van der Waals surface area contributed by atoms with Crippen LogP contribution in [0.5, 0.6) is 5.75 Å². The van der Waals surface area contributed by atoms with Crippen LogP contribution in [0.4, 0.5) is 5.69 Å². The fraction of sp³-hybridized carbons (Fsp3) is 0.467. The summed E-state index contributed by atoms with van der Waals surface area (Å²) in [5, 5.41) is 16.2. The van der Waals surface area contributed by atoms with E-state index >= 15 is 0 Å². The van der Waals surface area contributed by atoms with Crippen molar-refractivity contribution in [3.63, 3.8) is 0 Å². The summed E-state index contributed by atoms with van der Waals surface area (Å²) >= 11 is 0. The van der Waals surface area contributed by atoms with Crippen LogP contribution < -0.4 is 25.4 Å². The fourth-order valence-corrected chi connectivity index (χ4v) is 2.66. The van der Waals surface area contributed by atoms with Gasteiger partial charge in [-0.3, -0.25) is 4.79 Å². The summed E-state index contributed by atoms with van der Waals surface area (Å²) in [6.07, 6.45) is -0.0797. The van der Waals surface area contributed by atoms with Gasteiger partial charge in [0.2, 0.25) is 5.91 Å². The number of nitrogens with one attached hydrogen (secondary N) is 2. The van der Waals surface area contributed by atoms with Gasteiger partial charge in [0.05, 0.1) is 19.5 Å². The number of carbonyl (C=O) groups is 2. The molecular formula is C15H22N3O4+. The molecule has 22 heavy (non-hydrogen) atoms. The number of ether oxygens (including phenoxy) is 1. The first-order valence-corrected chi connectivity index (χ1v) is 7.41. The highest BCUT2D eigenvalue weighted by Crippen LogP contribution is 2.15. The number of aliphatic carboxylic acids is 1. The van der Waals surface area contributed by atoms with Gasteiger partial charge in [-0.2, -0.15) is 0 Å². The molecule has 0 aromatic heterocycles. The summed E-state index contributed by atoms with van der Waals surface area (Å²) in [5.41, 5.74) is 0.616. The van der Waals surface area contributed by atoms with E-state index in [0.29, 0.717) is 11.4 Å². The number of piperazine rings is 1. The minimum absolute atomic E-state index is 0.0797. The van der Waals surface area contributed by atoms with E-state index in [-0.39, 0.29) is 12.3 Å². The van der Waals surface area contributed by atoms with Crippen LogP contribution >= 0.6 is 0 Å². The number of hydrogen-bond acceptors (Lipinski definition) is 4. The summed E-state index contributed by atoms with van der Waals surface area (Å²) in [4.78, 5) is 24.3. The van der Waals surface area contributed by atoms with Crippen LogP contribution in [0.3, 0.4) is 0 Å². The molecule has 0 spiro atoms. The average Bonchev–Trinajstić information content (AvgIpc) is 2.54. The average molecular weight is 308 g/mol. The van der Waals surface area contributed by atoms with Crippen LogP contribution in [-0.2, 0) is 9.59 Å². The second-order valence-corrected chi connectivity index (χ2v) is 5.38. The maximum atomic E-state index is 12.1. The Kier molecular flexibility index (Phi) is 5.74. The monoisotopic (exact) mass is 308 g/mol. The maximum absolute atomic E-state index is 12.1. The van der Waals surface area contributed by atoms with Gasteiger partial charge < -0.3 is 30.2 Å². The number of rotatable bonds is 6. The zero-order chi connectivity index (χ0) is 15.9. The van der Waals surface area contributed by atoms with Crippen molar-refractivity contribution in [2.45, 2.75) is 12.5 Å². The van der Waals surface area contributed by atoms with Crippen LogP contribution in [0.1, 0.15) is 6.42 Å². The van der Waals surface area contributed by atoms with E-state index < -0.39 is 12.0 Å². The number of carboxylic acids is 1. The molecule has 1 amide bonds. The zero-order valence-electron chi connectivity index (χ0n) is 12.6. The Balaban J connectivity index is 1.93. The number of benzene rings is 1. The maximum Gasteiger partial charge on any atom is 0.230 e. The molecule has 2 rings (SSSR count). The Morgan fingerprint density at radius 2 is 1.95 bits per heavy atom. The second-order valence-electron chi connectivity index (χ2n) is 5.38. The first-order chi connectivity index (χ1) is 10.6. The molecule has 1 aliphatic heterocycles. The summed E-state index contributed by atoms with van der Waals surface area (Å²) in [7, 11) is 1.57. The molecule has 7 nitrogen and oxygen atoms in total. The minimum atomic E-state index is -1.17. The third kappa shape index (κ3) is 4.44. The Labute approximate surface area is 129 Å². The topological polar surface area (TPSA) is 99.5 Å². The van der Waals surface area contributed by atoms with Gasteiger partial charge in [0.1, 0.15) is 38.0 Å². The Morgan fingerprint density at radius 1 is 1.32 bits per heavy atom. The highest BCUT2D eigenvalue weighted by molar-refractivity contribution is 5.93. The number of carbonyl (C=O) groups excluding carboxylic acids is 2. The molecule has 1 aliphatic rings. The van der Waals surface area contributed by atoms with E-state index in [0.717, 1.165) is 31.1 Å². The molecule has 1 atom stereocenters. The Hall–Kier alpha value is -2.12. The smallest absolute Gasteiger partial charge is 0.230 e. The number of methoxy groups -OCH3 is 1. The van der Waals surface area contributed by atoms with E-state index in [9.17, 15) is 14.7 Å². The molecule has 4 N–H and O–H groups in total. The van der Waals surface area contributed by atoms with E-state index in [2.05, 4.69) is 10.6 Å². The molecule has 1 aromatic rings. The van der Waals surface area contributed by atoms with Crippen molar-refractivity contribution in [2.75, 3.05) is 38.6 Å². The number of amides is 1.